The zero-order valence-corrected chi connectivity index (χ0v) is 21.1. The van der Waals surface area contributed by atoms with Crippen LogP contribution in [0.25, 0.3) is 21.2 Å². The van der Waals surface area contributed by atoms with Gasteiger partial charge in [-0.2, -0.15) is 0 Å². The summed E-state index contributed by atoms with van der Waals surface area (Å²) in [7, 11) is 0. The first-order valence-electron chi connectivity index (χ1n) is 12.9. The van der Waals surface area contributed by atoms with Crippen molar-refractivity contribution in [2.45, 2.75) is 44.6 Å². The Morgan fingerprint density at radius 2 is 1.89 bits per heavy atom. The van der Waals surface area contributed by atoms with E-state index in [9.17, 15) is 9.59 Å². The number of thiophene rings is 1. The van der Waals surface area contributed by atoms with Crippen LogP contribution in [0.1, 0.15) is 42.5 Å². The smallest absolute Gasteiger partial charge is 0.256 e. The van der Waals surface area contributed by atoms with Crippen LogP contribution in [-0.2, 0) is 9.59 Å². The highest BCUT2D eigenvalue weighted by Gasteiger charge is 2.58. The second-order valence-corrected chi connectivity index (χ2v) is 12.2. The predicted molar refractivity (Wildman–Crippen MR) is 140 cm³/mol. The normalized spacial score (nSPS) is 22.7. The number of hydrogen-bond donors (Lipinski definition) is 0. The molecular weight excluding hydrogens is 473 g/mol. The van der Waals surface area contributed by atoms with Crippen LogP contribution in [0.4, 0.5) is 4.39 Å². The predicted octanol–water partition coefficient (Wildman–Crippen LogP) is 5.40. The number of aryl methyl sites for hydroxylation is 1. The van der Waals surface area contributed by atoms with E-state index in [1.807, 2.05) is 17.0 Å². The Kier molecular flexibility index (Phi) is 4.91. The number of aliphatic imine (C=N–C) groups is 1. The van der Waals surface area contributed by atoms with Crippen LogP contribution in [-0.4, -0.2) is 52.6 Å². The van der Waals surface area contributed by atoms with Crippen molar-refractivity contribution in [3.8, 4) is 11.1 Å². The summed E-state index contributed by atoms with van der Waals surface area (Å²) in [4.78, 5) is 35.5. The number of carbonyl (C=O) groups excluding carboxylic acids is 2. The molecule has 5 nitrogen and oxygen atoms in total. The van der Waals surface area contributed by atoms with E-state index in [1.54, 1.807) is 28.4 Å². The number of carbonyl (C=O) groups is 2. The summed E-state index contributed by atoms with van der Waals surface area (Å²) in [5.41, 5.74) is 1.47. The zero-order chi connectivity index (χ0) is 24.6. The first kappa shape index (κ1) is 22.2. The molecule has 3 aromatic rings. The molecule has 36 heavy (non-hydrogen) atoms. The molecule has 3 heterocycles. The molecule has 4 aliphatic rings. The van der Waals surface area contributed by atoms with E-state index in [-0.39, 0.29) is 29.5 Å². The van der Waals surface area contributed by atoms with Crippen molar-refractivity contribution in [3.63, 3.8) is 0 Å². The molecule has 2 saturated carbocycles. The number of nitrogens with zero attached hydrogens (tertiary/aromatic N) is 3. The van der Waals surface area contributed by atoms with Gasteiger partial charge in [0.2, 0.25) is 5.91 Å². The molecule has 1 atom stereocenters. The fourth-order valence-electron chi connectivity index (χ4n) is 5.74. The van der Waals surface area contributed by atoms with Gasteiger partial charge in [-0.05, 0) is 91.8 Å². The molecule has 1 aromatic heterocycles. The summed E-state index contributed by atoms with van der Waals surface area (Å²) in [5.74, 6) is 0.749. The van der Waals surface area contributed by atoms with Gasteiger partial charge in [-0.25, -0.2) is 4.39 Å². The summed E-state index contributed by atoms with van der Waals surface area (Å²) >= 11 is 1.75. The summed E-state index contributed by atoms with van der Waals surface area (Å²) in [5, 5.41) is 1.16. The molecule has 7 rings (SSSR count). The van der Waals surface area contributed by atoms with Crippen LogP contribution < -0.4 is 0 Å². The molecule has 0 unspecified atom stereocenters. The summed E-state index contributed by atoms with van der Waals surface area (Å²) in [6, 6.07) is 13.6. The van der Waals surface area contributed by atoms with Gasteiger partial charge in [0.25, 0.3) is 5.91 Å². The first-order valence-corrected chi connectivity index (χ1v) is 13.7. The highest BCUT2D eigenvalue weighted by Crippen LogP contribution is 2.46. The molecule has 1 spiro atoms. The maximum atomic E-state index is 15.6. The number of likely N-dealkylation sites (tertiary alicyclic amines) is 1. The molecule has 0 N–H and O–H groups in total. The number of halogens is 1. The van der Waals surface area contributed by atoms with E-state index in [2.05, 4.69) is 25.1 Å². The molecule has 184 valence electrons. The highest BCUT2D eigenvalue weighted by molar-refractivity contribution is 7.19. The lowest BCUT2D eigenvalue weighted by molar-refractivity contribution is -0.131. The molecule has 0 bridgehead atoms. The topological polar surface area (TPSA) is 53.0 Å². The third-order valence-corrected chi connectivity index (χ3v) is 9.12. The second kappa shape index (κ2) is 7.97. The zero-order valence-electron chi connectivity index (χ0n) is 20.3. The lowest BCUT2D eigenvalue weighted by Crippen LogP contribution is -2.41. The standard InChI is InChI=1S/C29H28FN3O2S/c1-17-12-22-13-20(5-7-25(22)36-17)21-4-6-23(24(30)14-21)26-31-29(9-10-29)28(35)33(26)16-18-8-11-32(15-18)27(34)19-2-3-19/h4-7,12-14,18-19H,2-3,8-11,15-16H2,1H3/t18-/m1/s1. The summed E-state index contributed by atoms with van der Waals surface area (Å²) in [6.07, 6.45) is 4.32. The molecule has 3 fully saturated rings. The lowest BCUT2D eigenvalue weighted by Gasteiger charge is -2.24. The Bertz CT molecular complexity index is 1450. The molecule has 7 heteroatoms. The minimum absolute atomic E-state index is 0.00812. The SMILES string of the molecule is Cc1cc2cc(-c3ccc(C4=NC5(CC5)C(=O)N4C[C@@H]4CCN(C(=O)C5CC5)C4)c(F)c3)ccc2s1. The average Bonchev–Trinajstić information content (AvgIpc) is 3.76. The number of fused-ring (bicyclic) bond motifs is 1. The first-order chi connectivity index (χ1) is 17.4. The average molecular weight is 502 g/mol. The van der Waals surface area contributed by atoms with Crippen molar-refractivity contribution in [2.75, 3.05) is 19.6 Å². The second-order valence-electron chi connectivity index (χ2n) is 10.9. The maximum Gasteiger partial charge on any atom is 0.256 e. The Labute approximate surface area is 213 Å². The van der Waals surface area contributed by atoms with Gasteiger partial charge in [0.05, 0.1) is 5.56 Å². The molecule has 2 aliphatic heterocycles. The van der Waals surface area contributed by atoms with Gasteiger partial charge in [-0.3, -0.25) is 19.5 Å². The van der Waals surface area contributed by atoms with Crippen LogP contribution in [0, 0.1) is 24.6 Å². The largest absolute Gasteiger partial charge is 0.342 e. The molecule has 2 aromatic carbocycles. The number of amidine groups is 1. The van der Waals surface area contributed by atoms with Gasteiger partial charge in [0.1, 0.15) is 17.2 Å². The minimum Gasteiger partial charge on any atom is -0.342 e. The van der Waals surface area contributed by atoms with Gasteiger partial charge in [0.15, 0.2) is 0 Å². The van der Waals surface area contributed by atoms with Crippen LogP contribution in [0.15, 0.2) is 47.5 Å². The number of benzene rings is 2. The Hall–Kier alpha value is -3.06. The van der Waals surface area contributed by atoms with E-state index < -0.39 is 5.54 Å². The van der Waals surface area contributed by atoms with Gasteiger partial charge in [-0.1, -0.05) is 12.1 Å². The summed E-state index contributed by atoms with van der Waals surface area (Å²) < 4.78 is 16.8. The third-order valence-electron chi connectivity index (χ3n) is 8.09. The fourth-order valence-corrected chi connectivity index (χ4v) is 6.64. The van der Waals surface area contributed by atoms with Gasteiger partial charge in [-0.15, -0.1) is 11.3 Å². The van der Waals surface area contributed by atoms with Crippen molar-refractivity contribution < 1.29 is 14.0 Å². The molecule has 2 aliphatic carbocycles. The van der Waals surface area contributed by atoms with Crippen LogP contribution in [0.3, 0.4) is 0 Å². The van der Waals surface area contributed by atoms with Crippen molar-refractivity contribution in [3.05, 3.63) is 58.7 Å². The van der Waals surface area contributed by atoms with E-state index in [1.165, 1.54) is 9.58 Å². The van der Waals surface area contributed by atoms with Crippen LogP contribution in [0.2, 0.25) is 0 Å². The number of rotatable bonds is 5. The van der Waals surface area contributed by atoms with E-state index in [0.29, 0.717) is 24.5 Å². The lowest BCUT2D eigenvalue weighted by atomic mass is 10.0. The molecule has 1 saturated heterocycles. The van der Waals surface area contributed by atoms with Crippen molar-refractivity contribution in [1.29, 1.82) is 0 Å². The van der Waals surface area contributed by atoms with Crippen LogP contribution in [0.5, 0.6) is 0 Å². The van der Waals surface area contributed by atoms with Crippen molar-refractivity contribution >= 4 is 39.1 Å². The van der Waals surface area contributed by atoms with Gasteiger partial charge in [0, 0.05) is 35.1 Å². The Morgan fingerprint density at radius 1 is 1.11 bits per heavy atom. The van der Waals surface area contributed by atoms with E-state index in [4.69, 9.17) is 4.99 Å². The van der Waals surface area contributed by atoms with Crippen LogP contribution >= 0.6 is 11.3 Å². The minimum atomic E-state index is -0.690. The molecule has 2 amide bonds. The highest BCUT2D eigenvalue weighted by atomic mass is 32.1. The van der Waals surface area contributed by atoms with Gasteiger partial charge >= 0.3 is 0 Å². The van der Waals surface area contributed by atoms with E-state index in [0.717, 1.165) is 55.2 Å². The number of amides is 2. The fraction of sp³-hybridized carbons (Fsp3) is 0.414. The number of hydrogen-bond acceptors (Lipinski definition) is 4. The monoisotopic (exact) mass is 501 g/mol. The third kappa shape index (κ3) is 3.67. The summed E-state index contributed by atoms with van der Waals surface area (Å²) in [6.45, 7) is 4.00. The quantitative estimate of drug-likeness (QED) is 0.470. The van der Waals surface area contributed by atoms with Crippen molar-refractivity contribution in [2.24, 2.45) is 16.8 Å². The van der Waals surface area contributed by atoms with E-state index >= 15 is 4.39 Å². The van der Waals surface area contributed by atoms with Gasteiger partial charge < -0.3 is 4.90 Å². The Balaban J connectivity index is 1.15. The molecular formula is C29H28FN3O2S. The molecule has 0 radical (unpaired) electrons. The maximum absolute atomic E-state index is 15.6. The Morgan fingerprint density at radius 3 is 2.64 bits per heavy atom. The van der Waals surface area contributed by atoms with Crippen molar-refractivity contribution in [1.82, 2.24) is 9.80 Å².